The van der Waals surface area contributed by atoms with Crippen LogP contribution in [0.4, 0.5) is 10.1 Å². The Labute approximate surface area is 159 Å². The highest BCUT2D eigenvalue weighted by atomic mass is 79.9. The van der Waals surface area contributed by atoms with E-state index in [2.05, 4.69) is 38.3 Å². The summed E-state index contributed by atoms with van der Waals surface area (Å²) in [7, 11) is 0. The number of carbonyl (C=O) groups excluding carboxylic acids is 2. The maximum absolute atomic E-state index is 13.4. The summed E-state index contributed by atoms with van der Waals surface area (Å²) in [6.07, 6.45) is 0. The van der Waals surface area contributed by atoms with Crippen molar-refractivity contribution in [3.63, 3.8) is 0 Å². The summed E-state index contributed by atoms with van der Waals surface area (Å²) in [5.74, 6) is -1.11. The number of rotatable bonds is 4. The maximum Gasteiger partial charge on any atom is 0.251 e. The van der Waals surface area contributed by atoms with E-state index in [1.165, 1.54) is 12.1 Å². The number of hydrogen-bond donors (Lipinski definition) is 1. The number of nitrogens with one attached hydrogen (secondary N) is 1. The Hall–Kier alpha value is -2.41. The highest BCUT2D eigenvalue weighted by molar-refractivity contribution is 9.10. The molecule has 2 aromatic carbocycles. The second-order valence-electron chi connectivity index (χ2n) is 6.04. The first-order valence-electron chi connectivity index (χ1n) is 8.35. The molecule has 136 valence electrons. The number of amides is 2. The van der Waals surface area contributed by atoms with Crippen LogP contribution >= 0.6 is 15.9 Å². The van der Waals surface area contributed by atoms with E-state index in [-0.39, 0.29) is 18.0 Å². The highest BCUT2D eigenvalue weighted by Gasteiger charge is 2.21. The SMILES string of the molecule is O=C(NCC(=O)N1CCN(c2ccccc2)CC1)c1cc(F)cc(Br)c1. The van der Waals surface area contributed by atoms with Crippen molar-refractivity contribution < 1.29 is 14.0 Å². The van der Waals surface area contributed by atoms with Crippen molar-refractivity contribution in [2.75, 3.05) is 37.6 Å². The van der Waals surface area contributed by atoms with Crippen molar-refractivity contribution in [3.8, 4) is 0 Å². The molecule has 5 nitrogen and oxygen atoms in total. The summed E-state index contributed by atoms with van der Waals surface area (Å²) in [6, 6.07) is 14.0. The average molecular weight is 420 g/mol. The number of para-hydroxylation sites is 1. The van der Waals surface area contributed by atoms with E-state index in [0.717, 1.165) is 24.8 Å². The van der Waals surface area contributed by atoms with Crippen LogP contribution in [0.1, 0.15) is 10.4 Å². The number of hydrogen-bond acceptors (Lipinski definition) is 3. The summed E-state index contributed by atoms with van der Waals surface area (Å²) in [6.45, 7) is 2.61. The van der Waals surface area contributed by atoms with Crippen LogP contribution in [0.15, 0.2) is 53.0 Å². The number of piperazine rings is 1. The van der Waals surface area contributed by atoms with Crippen LogP contribution in [0.3, 0.4) is 0 Å². The number of anilines is 1. The molecule has 0 aromatic heterocycles. The molecule has 1 N–H and O–H groups in total. The van der Waals surface area contributed by atoms with Gasteiger partial charge in [0, 0.05) is 41.9 Å². The predicted octanol–water partition coefficient (Wildman–Crippen LogP) is 2.67. The quantitative estimate of drug-likeness (QED) is 0.828. The molecule has 2 amide bonds. The molecule has 0 bridgehead atoms. The van der Waals surface area contributed by atoms with Gasteiger partial charge in [0.1, 0.15) is 5.82 Å². The Morgan fingerprint density at radius 3 is 2.38 bits per heavy atom. The van der Waals surface area contributed by atoms with Crippen molar-refractivity contribution in [2.45, 2.75) is 0 Å². The van der Waals surface area contributed by atoms with Crippen LogP contribution in [0.2, 0.25) is 0 Å². The molecule has 0 unspecified atom stereocenters. The standard InChI is InChI=1S/C19H19BrFN3O2/c20-15-10-14(11-16(21)12-15)19(26)22-13-18(25)24-8-6-23(7-9-24)17-4-2-1-3-5-17/h1-5,10-12H,6-9,13H2,(H,22,26). The van der Waals surface area contributed by atoms with Gasteiger partial charge in [-0.2, -0.15) is 0 Å². The molecular weight excluding hydrogens is 401 g/mol. The lowest BCUT2D eigenvalue weighted by Gasteiger charge is -2.36. The number of halogens is 2. The van der Waals surface area contributed by atoms with Gasteiger partial charge in [0.2, 0.25) is 5.91 Å². The molecule has 1 aliphatic heterocycles. The van der Waals surface area contributed by atoms with Gasteiger partial charge < -0.3 is 15.1 Å². The van der Waals surface area contributed by atoms with Crippen LogP contribution in [0, 0.1) is 5.82 Å². The average Bonchev–Trinajstić information content (AvgIpc) is 2.66. The Bertz CT molecular complexity index is 772. The molecule has 0 radical (unpaired) electrons. The van der Waals surface area contributed by atoms with E-state index in [0.29, 0.717) is 17.6 Å². The second kappa shape index (κ2) is 8.31. The molecule has 26 heavy (non-hydrogen) atoms. The maximum atomic E-state index is 13.4. The van der Waals surface area contributed by atoms with E-state index in [1.54, 1.807) is 4.90 Å². The van der Waals surface area contributed by atoms with E-state index in [4.69, 9.17) is 0 Å². The van der Waals surface area contributed by atoms with E-state index >= 15 is 0 Å². The fourth-order valence-corrected chi connectivity index (χ4v) is 3.37. The third kappa shape index (κ3) is 4.60. The third-order valence-electron chi connectivity index (χ3n) is 4.28. The van der Waals surface area contributed by atoms with Gasteiger partial charge in [-0.05, 0) is 30.3 Å². The highest BCUT2D eigenvalue weighted by Crippen LogP contribution is 2.16. The van der Waals surface area contributed by atoms with Crippen LogP contribution in [0.5, 0.6) is 0 Å². The molecule has 0 saturated carbocycles. The van der Waals surface area contributed by atoms with E-state index < -0.39 is 11.7 Å². The van der Waals surface area contributed by atoms with Gasteiger partial charge in [-0.1, -0.05) is 34.1 Å². The molecule has 1 fully saturated rings. The summed E-state index contributed by atoms with van der Waals surface area (Å²) in [4.78, 5) is 28.4. The Kier molecular flexibility index (Phi) is 5.88. The molecule has 1 saturated heterocycles. The van der Waals surface area contributed by atoms with Gasteiger partial charge in [-0.15, -0.1) is 0 Å². The van der Waals surface area contributed by atoms with Gasteiger partial charge in [-0.3, -0.25) is 9.59 Å². The van der Waals surface area contributed by atoms with E-state index in [9.17, 15) is 14.0 Å². The minimum atomic E-state index is -0.507. The zero-order chi connectivity index (χ0) is 18.5. The summed E-state index contributed by atoms with van der Waals surface area (Å²) < 4.78 is 13.8. The first-order chi connectivity index (χ1) is 12.5. The first-order valence-corrected chi connectivity index (χ1v) is 9.14. The van der Waals surface area contributed by atoms with Crippen LogP contribution in [0.25, 0.3) is 0 Å². The van der Waals surface area contributed by atoms with Crippen molar-refractivity contribution in [1.29, 1.82) is 0 Å². The van der Waals surface area contributed by atoms with Gasteiger partial charge in [0.15, 0.2) is 0 Å². The smallest absolute Gasteiger partial charge is 0.251 e. The largest absolute Gasteiger partial charge is 0.368 e. The van der Waals surface area contributed by atoms with Crippen molar-refractivity contribution >= 4 is 33.4 Å². The summed E-state index contributed by atoms with van der Waals surface area (Å²) in [5, 5.41) is 2.56. The lowest BCUT2D eigenvalue weighted by Crippen LogP contribution is -2.51. The fraction of sp³-hybridized carbons (Fsp3) is 0.263. The molecule has 3 rings (SSSR count). The van der Waals surface area contributed by atoms with Crippen LogP contribution in [-0.4, -0.2) is 49.4 Å². The molecule has 1 heterocycles. The van der Waals surface area contributed by atoms with Gasteiger partial charge in [-0.25, -0.2) is 4.39 Å². The Morgan fingerprint density at radius 2 is 1.73 bits per heavy atom. The zero-order valence-electron chi connectivity index (χ0n) is 14.1. The summed E-state index contributed by atoms with van der Waals surface area (Å²) >= 11 is 3.15. The molecule has 7 heteroatoms. The normalized spacial score (nSPS) is 14.2. The Morgan fingerprint density at radius 1 is 1.04 bits per heavy atom. The minimum Gasteiger partial charge on any atom is -0.368 e. The molecule has 0 atom stereocenters. The molecule has 0 aliphatic carbocycles. The number of benzene rings is 2. The Balaban J connectivity index is 1.49. The number of nitrogens with zero attached hydrogens (tertiary/aromatic N) is 2. The van der Waals surface area contributed by atoms with Crippen molar-refractivity contribution in [2.24, 2.45) is 0 Å². The van der Waals surface area contributed by atoms with E-state index in [1.807, 2.05) is 18.2 Å². The third-order valence-corrected chi connectivity index (χ3v) is 4.74. The van der Waals surface area contributed by atoms with Crippen molar-refractivity contribution in [1.82, 2.24) is 10.2 Å². The lowest BCUT2D eigenvalue weighted by atomic mass is 10.2. The van der Waals surface area contributed by atoms with Crippen LogP contribution in [-0.2, 0) is 4.79 Å². The second-order valence-corrected chi connectivity index (χ2v) is 6.96. The first kappa shape index (κ1) is 18.4. The minimum absolute atomic E-state index is 0.0989. The fourth-order valence-electron chi connectivity index (χ4n) is 2.91. The predicted molar refractivity (Wildman–Crippen MR) is 102 cm³/mol. The van der Waals surface area contributed by atoms with Crippen LogP contribution < -0.4 is 10.2 Å². The lowest BCUT2D eigenvalue weighted by molar-refractivity contribution is -0.130. The zero-order valence-corrected chi connectivity index (χ0v) is 15.7. The van der Waals surface area contributed by atoms with Gasteiger partial charge >= 0.3 is 0 Å². The molecule has 0 spiro atoms. The molecule has 1 aliphatic rings. The van der Waals surface area contributed by atoms with Gasteiger partial charge in [0.05, 0.1) is 6.54 Å². The summed E-state index contributed by atoms with van der Waals surface area (Å²) in [5.41, 5.74) is 1.32. The number of carbonyl (C=O) groups is 2. The topological polar surface area (TPSA) is 52.7 Å². The molecular formula is C19H19BrFN3O2. The van der Waals surface area contributed by atoms with Crippen molar-refractivity contribution in [3.05, 3.63) is 64.4 Å². The van der Waals surface area contributed by atoms with Gasteiger partial charge in [0.25, 0.3) is 5.91 Å². The molecule has 2 aromatic rings. The monoisotopic (exact) mass is 419 g/mol.